The van der Waals surface area contributed by atoms with E-state index in [2.05, 4.69) is 10.3 Å². The summed E-state index contributed by atoms with van der Waals surface area (Å²) in [7, 11) is -0.773. The first-order valence-corrected chi connectivity index (χ1v) is 9.59. The number of carbonyl (C=O) groups excluding carboxylic acids is 2. The highest BCUT2D eigenvalue weighted by Gasteiger charge is 2.21. The van der Waals surface area contributed by atoms with E-state index in [9.17, 15) is 18.0 Å². The van der Waals surface area contributed by atoms with E-state index in [0.29, 0.717) is 5.02 Å². The Labute approximate surface area is 162 Å². The van der Waals surface area contributed by atoms with Gasteiger partial charge in [0.1, 0.15) is 5.82 Å². The Bertz CT molecular complexity index is 928. The minimum atomic E-state index is -3.59. The average molecular weight is 412 g/mol. The van der Waals surface area contributed by atoms with Crippen LogP contribution in [0, 0.1) is 0 Å². The maximum absolute atomic E-state index is 12.2. The van der Waals surface area contributed by atoms with E-state index in [4.69, 9.17) is 16.3 Å². The summed E-state index contributed by atoms with van der Waals surface area (Å²) in [6.07, 6.45) is 0.289. The van der Waals surface area contributed by atoms with Crippen molar-refractivity contribution in [2.75, 3.05) is 19.4 Å². The lowest BCUT2D eigenvalue weighted by Crippen LogP contribution is -2.30. The van der Waals surface area contributed by atoms with E-state index < -0.39 is 28.0 Å². The van der Waals surface area contributed by atoms with Crippen molar-refractivity contribution in [3.63, 3.8) is 0 Å². The molecule has 2 rings (SSSR count). The van der Waals surface area contributed by atoms with E-state index >= 15 is 0 Å². The highest BCUT2D eigenvalue weighted by Crippen LogP contribution is 2.15. The summed E-state index contributed by atoms with van der Waals surface area (Å²) in [5, 5.41) is 2.92. The van der Waals surface area contributed by atoms with Crippen LogP contribution in [0.25, 0.3) is 0 Å². The second kappa shape index (κ2) is 8.47. The molecular weight excluding hydrogens is 394 g/mol. The van der Waals surface area contributed by atoms with E-state index in [1.165, 1.54) is 57.5 Å². The number of ether oxygens (including phenoxy) is 1. The number of pyridine rings is 1. The largest absolute Gasteiger partial charge is 0.449 e. The minimum Gasteiger partial charge on any atom is -0.449 e. The van der Waals surface area contributed by atoms with Crippen LogP contribution < -0.4 is 5.32 Å². The summed E-state index contributed by atoms with van der Waals surface area (Å²) in [5.41, 5.74) is 0.122. The minimum absolute atomic E-state index is 0.0451. The highest BCUT2D eigenvalue weighted by atomic mass is 35.5. The Morgan fingerprint density at radius 2 is 1.78 bits per heavy atom. The number of sulfonamides is 1. The molecule has 2 aromatic rings. The third-order valence-corrected chi connectivity index (χ3v) is 5.55. The van der Waals surface area contributed by atoms with Crippen molar-refractivity contribution in [1.82, 2.24) is 9.29 Å². The average Bonchev–Trinajstić information content (AvgIpc) is 2.63. The molecule has 0 unspecified atom stereocenters. The SMILES string of the molecule is C[C@H](OC(=O)c1ccc(S(=O)(=O)N(C)C)cc1)C(=O)Nc1ccc(Cl)cn1. The molecule has 0 saturated carbocycles. The monoisotopic (exact) mass is 411 g/mol. The van der Waals surface area contributed by atoms with Crippen LogP contribution in [0.5, 0.6) is 0 Å². The third-order valence-electron chi connectivity index (χ3n) is 3.50. The summed E-state index contributed by atoms with van der Waals surface area (Å²) < 4.78 is 30.2. The van der Waals surface area contributed by atoms with Gasteiger partial charge in [0.15, 0.2) is 6.10 Å². The zero-order chi connectivity index (χ0) is 20.2. The number of carbonyl (C=O) groups is 2. The molecular formula is C17H18ClN3O5S. The molecule has 1 amide bonds. The fourth-order valence-electron chi connectivity index (χ4n) is 1.93. The van der Waals surface area contributed by atoms with Crippen LogP contribution in [0.4, 0.5) is 5.82 Å². The number of halogens is 1. The lowest BCUT2D eigenvalue weighted by molar-refractivity contribution is -0.123. The van der Waals surface area contributed by atoms with Gasteiger partial charge in [0.2, 0.25) is 10.0 Å². The molecule has 8 nitrogen and oxygen atoms in total. The van der Waals surface area contributed by atoms with Crippen molar-refractivity contribution in [3.8, 4) is 0 Å². The van der Waals surface area contributed by atoms with E-state index in [1.807, 2.05) is 0 Å². The van der Waals surface area contributed by atoms with E-state index in [1.54, 1.807) is 6.07 Å². The number of anilines is 1. The number of amides is 1. The number of benzene rings is 1. The fourth-order valence-corrected chi connectivity index (χ4v) is 2.95. The van der Waals surface area contributed by atoms with Crippen molar-refractivity contribution in [2.24, 2.45) is 0 Å². The van der Waals surface area contributed by atoms with Gasteiger partial charge in [0, 0.05) is 20.3 Å². The van der Waals surface area contributed by atoms with Crippen LogP contribution in [0.15, 0.2) is 47.5 Å². The number of hydrogen-bond donors (Lipinski definition) is 1. The number of aromatic nitrogens is 1. The molecule has 144 valence electrons. The van der Waals surface area contributed by atoms with Gasteiger partial charge in [0.05, 0.1) is 15.5 Å². The van der Waals surface area contributed by atoms with Crippen LogP contribution in [0.2, 0.25) is 5.02 Å². The Morgan fingerprint density at radius 1 is 1.15 bits per heavy atom. The van der Waals surface area contributed by atoms with Crippen LogP contribution in [0.3, 0.4) is 0 Å². The highest BCUT2D eigenvalue weighted by molar-refractivity contribution is 7.89. The first-order chi connectivity index (χ1) is 12.6. The van der Waals surface area contributed by atoms with Gasteiger partial charge in [-0.1, -0.05) is 11.6 Å². The van der Waals surface area contributed by atoms with Crippen LogP contribution in [-0.4, -0.2) is 49.8 Å². The Balaban J connectivity index is 2.01. The van der Waals surface area contributed by atoms with Gasteiger partial charge in [-0.25, -0.2) is 22.5 Å². The van der Waals surface area contributed by atoms with Gasteiger partial charge in [0.25, 0.3) is 5.91 Å². The van der Waals surface area contributed by atoms with E-state index in [-0.39, 0.29) is 16.3 Å². The number of hydrogen-bond acceptors (Lipinski definition) is 6. The predicted molar refractivity (Wildman–Crippen MR) is 100 cm³/mol. The lowest BCUT2D eigenvalue weighted by Gasteiger charge is -2.14. The molecule has 0 bridgehead atoms. The van der Waals surface area contributed by atoms with Gasteiger partial charge in [-0.3, -0.25) is 4.79 Å². The summed E-state index contributed by atoms with van der Waals surface area (Å²) in [4.78, 5) is 28.2. The smallest absolute Gasteiger partial charge is 0.338 e. The molecule has 1 heterocycles. The Hall–Kier alpha value is -2.49. The molecule has 1 atom stereocenters. The van der Waals surface area contributed by atoms with Gasteiger partial charge in [-0.05, 0) is 43.3 Å². The van der Waals surface area contributed by atoms with Gasteiger partial charge < -0.3 is 10.1 Å². The molecule has 0 aliphatic heterocycles. The molecule has 0 aliphatic rings. The zero-order valence-corrected chi connectivity index (χ0v) is 16.4. The molecule has 0 fully saturated rings. The lowest BCUT2D eigenvalue weighted by atomic mass is 10.2. The quantitative estimate of drug-likeness (QED) is 0.730. The molecule has 10 heteroatoms. The molecule has 1 N–H and O–H groups in total. The second-order valence-electron chi connectivity index (χ2n) is 5.71. The van der Waals surface area contributed by atoms with Crippen molar-refractivity contribution in [1.29, 1.82) is 0 Å². The van der Waals surface area contributed by atoms with Crippen molar-refractivity contribution in [3.05, 3.63) is 53.2 Å². The molecule has 0 spiro atoms. The van der Waals surface area contributed by atoms with Crippen LogP contribution >= 0.6 is 11.6 Å². The summed E-state index contributed by atoms with van der Waals surface area (Å²) in [5.74, 6) is -1.05. The maximum atomic E-state index is 12.2. The fraction of sp³-hybridized carbons (Fsp3) is 0.235. The second-order valence-corrected chi connectivity index (χ2v) is 8.30. The number of nitrogens with one attached hydrogen (secondary N) is 1. The summed E-state index contributed by atoms with van der Waals surface area (Å²) >= 11 is 5.72. The van der Waals surface area contributed by atoms with Crippen molar-refractivity contribution >= 4 is 39.3 Å². The number of rotatable bonds is 6. The molecule has 0 saturated heterocycles. The molecule has 27 heavy (non-hydrogen) atoms. The molecule has 0 aliphatic carbocycles. The number of esters is 1. The number of nitrogens with zero attached hydrogens (tertiary/aromatic N) is 2. The first-order valence-electron chi connectivity index (χ1n) is 7.77. The molecule has 1 aromatic heterocycles. The first kappa shape index (κ1) is 20.8. The normalized spacial score (nSPS) is 12.5. The van der Waals surface area contributed by atoms with Gasteiger partial charge in [-0.2, -0.15) is 0 Å². The topological polar surface area (TPSA) is 106 Å². The zero-order valence-electron chi connectivity index (χ0n) is 14.8. The standard InChI is InChI=1S/C17H18ClN3O5S/c1-11(16(22)20-15-9-6-13(18)10-19-15)26-17(23)12-4-7-14(8-5-12)27(24,25)21(2)3/h4-11H,1-3H3,(H,19,20,22)/t11-/m0/s1. The molecule has 0 radical (unpaired) electrons. The van der Waals surface area contributed by atoms with Crippen LogP contribution in [0.1, 0.15) is 17.3 Å². The van der Waals surface area contributed by atoms with Gasteiger partial charge in [-0.15, -0.1) is 0 Å². The summed E-state index contributed by atoms with van der Waals surface area (Å²) in [6.45, 7) is 1.41. The molecule has 1 aromatic carbocycles. The summed E-state index contributed by atoms with van der Waals surface area (Å²) in [6, 6.07) is 8.32. The van der Waals surface area contributed by atoms with Gasteiger partial charge >= 0.3 is 5.97 Å². The predicted octanol–water partition coefficient (Wildman–Crippen LogP) is 2.17. The van der Waals surface area contributed by atoms with Crippen molar-refractivity contribution < 1.29 is 22.7 Å². The van der Waals surface area contributed by atoms with E-state index in [0.717, 1.165) is 4.31 Å². The third kappa shape index (κ3) is 5.25. The Kier molecular flexibility index (Phi) is 6.53. The maximum Gasteiger partial charge on any atom is 0.338 e. The van der Waals surface area contributed by atoms with Crippen LogP contribution in [-0.2, 0) is 19.6 Å². The Morgan fingerprint density at radius 3 is 2.30 bits per heavy atom. The van der Waals surface area contributed by atoms with Crippen molar-refractivity contribution in [2.45, 2.75) is 17.9 Å².